The van der Waals surface area contributed by atoms with E-state index >= 15 is 0 Å². The number of carbonyl (C=O) groups is 1. The van der Waals surface area contributed by atoms with Crippen molar-refractivity contribution in [2.24, 2.45) is 0 Å². The van der Waals surface area contributed by atoms with Gasteiger partial charge in [0.25, 0.3) is 0 Å². The Kier molecular flexibility index (Phi) is 3.52. The lowest BCUT2D eigenvalue weighted by atomic mass is 10.0. The van der Waals surface area contributed by atoms with Gasteiger partial charge in [0.05, 0.1) is 6.61 Å². The van der Waals surface area contributed by atoms with E-state index in [-0.39, 0.29) is 11.9 Å². The van der Waals surface area contributed by atoms with Crippen LogP contribution in [-0.4, -0.2) is 25.1 Å². The molecule has 2 aromatic carbocycles. The highest BCUT2D eigenvalue weighted by molar-refractivity contribution is 6.09. The van der Waals surface area contributed by atoms with Gasteiger partial charge in [-0.05, 0) is 18.6 Å². The molecule has 1 atom stereocenters. The van der Waals surface area contributed by atoms with E-state index in [0.717, 1.165) is 17.9 Å². The Hall–Kier alpha value is -2.13. The van der Waals surface area contributed by atoms with Crippen LogP contribution < -0.4 is 4.74 Å². The summed E-state index contributed by atoms with van der Waals surface area (Å²) in [6.07, 6.45) is 0.211. The van der Waals surface area contributed by atoms with Crippen molar-refractivity contribution in [2.45, 2.75) is 13.0 Å². The van der Waals surface area contributed by atoms with Crippen LogP contribution in [-0.2, 0) is 4.74 Å². The molecule has 102 valence electrons. The van der Waals surface area contributed by atoms with Gasteiger partial charge >= 0.3 is 0 Å². The average molecular weight is 268 g/mol. The number of hydrogen-bond acceptors (Lipinski definition) is 3. The van der Waals surface area contributed by atoms with E-state index in [0.29, 0.717) is 17.7 Å². The number of ketones is 1. The number of rotatable bonds is 5. The fourth-order valence-electron chi connectivity index (χ4n) is 2.00. The molecule has 1 unspecified atom stereocenters. The molecule has 20 heavy (non-hydrogen) atoms. The van der Waals surface area contributed by atoms with E-state index in [1.54, 1.807) is 0 Å². The second-order valence-electron chi connectivity index (χ2n) is 4.94. The first-order valence-corrected chi connectivity index (χ1v) is 6.69. The molecule has 0 spiro atoms. The summed E-state index contributed by atoms with van der Waals surface area (Å²) in [5.41, 5.74) is 2.36. The largest absolute Gasteiger partial charge is 0.490 e. The molecule has 1 fully saturated rings. The highest BCUT2D eigenvalue weighted by atomic mass is 16.6. The van der Waals surface area contributed by atoms with Gasteiger partial charge < -0.3 is 9.47 Å². The summed E-state index contributed by atoms with van der Waals surface area (Å²) in [4.78, 5) is 12.4. The third-order valence-corrected chi connectivity index (χ3v) is 3.31. The second kappa shape index (κ2) is 5.47. The van der Waals surface area contributed by atoms with Crippen molar-refractivity contribution < 1.29 is 14.3 Å². The zero-order chi connectivity index (χ0) is 13.9. The molecule has 0 amide bonds. The molecule has 1 aliphatic heterocycles. The Labute approximate surface area is 118 Å². The monoisotopic (exact) mass is 268 g/mol. The molecule has 0 saturated carbocycles. The molecule has 1 aliphatic rings. The van der Waals surface area contributed by atoms with Gasteiger partial charge in [-0.1, -0.05) is 42.5 Å². The molecule has 2 aromatic rings. The number of ether oxygens (including phenoxy) is 2. The summed E-state index contributed by atoms with van der Waals surface area (Å²) < 4.78 is 10.8. The van der Waals surface area contributed by atoms with Gasteiger partial charge in [-0.15, -0.1) is 0 Å². The molecule has 0 bridgehead atoms. The molecule has 0 radical (unpaired) electrons. The van der Waals surface area contributed by atoms with E-state index in [9.17, 15) is 4.79 Å². The first kappa shape index (κ1) is 12.9. The SMILES string of the molecule is Cc1ccc(C(=O)c2ccccc2)cc1OCC1CO1. The van der Waals surface area contributed by atoms with Crippen molar-refractivity contribution in [1.82, 2.24) is 0 Å². The van der Waals surface area contributed by atoms with E-state index in [4.69, 9.17) is 9.47 Å². The molecule has 1 saturated heterocycles. The van der Waals surface area contributed by atoms with Crippen LogP contribution in [0.2, 0.25) is 0 Å². The summed E-state index contributed by atoms with van der Waals surface area (Å²) in [7, 11) is 0. The van der Waals surface area contributed by atoms with Gasteiger partial charge in [0.2, 0.25) is 0 Å². The lowest BCUT2D eigenvalue weighted by Gasteiger charge is -2.09. The normalized spacial score (nSPS) is 16.8. The van der Waals surface area contributed by atoms with Crippen molar-refractivity contribution >= 4 is 5.78 Å². The minimum Gasteiger partial charge on any atom is -0.490 e. The van der Waals surface area contributed by atoms with E-state index < -0.39 is 0 Å². The summed E-state index contributed by atoms with van der Waals surface area (Å²) in [6.45, 7) is 3.28. The summed E-state index contributed by atoms with van der Waals surface area (Å²) in [5, 5.41) is 0. The minimum absolute atomic E-state index is 0.0121. The number of carbonyl (C=O) groups excluding carboxylic acids is 1. The van der Waals surface area contributed by atoms with Gasteiger partial charge in [-0.2, -0.15) is 0 Å². The second-order valence-corrected chi connectivity index (χ2v) is 4.94. The molecule has 3 nitrogen and oxygen atoms in total. The van der Waals surface area contributed by atoms with Crippen LogP contribution in [0.5, 0.6) is 5.75 Å². The Morgan fingerprint density at radius 2 is 1.95 bits per heavy atom. The predicted molar refractivity (Wildman–Crippen MR) is 76.3 cm³/mol. The third-order valence-electron chi connectivity index (χ3n) is 3.31. The van der Waals surface area contributed by atoms with Crippen molar-refractivity contribution in [1.29, 1.82) is 0 Å². The molecular formula is C17H16O3. The summed E-state index contributed by atoms with van der Waals surface area (Å²) >= 11 is 0. The maximum Gasteiger partial charge on any atom is 0.193 e. The van der Waals surface area contributed by atoms with Gasteiger partial charge in [0.15, 0.2) is 5.78 Å². The van der Waals surface area contributed by atoms with Crippen LogP contribution in [0.1, 0.15) is 21.5 Å². The Bertz CT molecular complexity index is 615. The Morgan fingerprint density at radius 3 is 2.65 bits per heavy atom. The number of epoxide rings is 1. The van der Waals surface area contributed by atoms with Crippen molar-refractivity contribution in [2.75, 3.05) is 13.2 Å². The van der Waals surface area contributed by atoms with Crippen molar-refractivity contribution in [3.05, 3.63) is 65.2 Å². The maximum atomic E-state index is 12.4. The Balaban J connectivity index is 1.82. The highest BCUT2D eigenvalue weighted by Crippen LogP contribution is 2.23. The smallest absolute Gasteiger partial charge is 0.193 e. The first-order chi connectivity index (χ1) is 9.74. The lowest BCUT2D eigenvalue weighted by molar-refractivity contribution is 0.103. The molecular weight excluding hydrogens is 252 g/mol. The van der Waals surface area contributed by atoms with Crippen LogP contribution >= 0.6 is 0 Å². The number of benzene rings is 2. The standard InChI is InChI=1S/C17H16O3/c1-12-7-8-14(9-16(12)20-11-15-10-19-15)17(18)13-5-3-2-4-6-13/h2-9,15H,10-11H2,1H3. The highest BCUT2D eigenvalue weighted by Gasteiger charge is 2.23. The zero-order valence-electron chi connectivity index (χ0n) is 11.3. The van der Waals surface area contributed by atoms with Crippen molar-refractivity contribution in [3.8, 4) is 5.75 Å². The fourth-order valence-corrected chi connectivity index (χ4v) is 2.00. The topological polar surface area (TPSA) is 38.8 Å². The van der Waals surface area contributed by atoms with Gasteiger partial charge in [0, 0.05) is 11.1 Å². The van der Waals surface area contributed by atoms with Gasteiger partial charge in [0.1, 0.15) is 18.5 Å². The van der Waals surface area contributed by atoms with E-state index in [1.807, 2.05) is 55.5 Å². The van der Waals surface area contributed by atoms with Crippen molar-refractivity contribution in [3.63, 3.8) is 0 Å². The molecule has 0 aliphatic carbocycles. The lowest BCUT2D eigenvalue weighted by Crippen LogP contribution is -2.07. The predicted octanol–water partition coefficient (Wildman–Crippen LogP) is 3.00. The van der Waals surface area contributed by atoms with E-state index in [2.05, 4.69) is 0 Å². The van der Waals surface area contributed by atoms with Crippen LogP contribution in [0.15, 0.2) is 48.5 Å². The third kappa shape index (κ3) is 2.89. The van der Waals surface area contributed by atoms with Crippen LogP contribution in [0.25, 0.3) is 0 Å². The van der Waals surface area contributed by atoms with Gasteiger partial charge in [-0.25, -0.2) is 0 Å². The number of aryl methyl sites for hydroxylation is 1. The van der Waals surface area contributed by atoms with Crippen LogP contribution in [0, 0.1) is 6.92 Å². The quantitative estimate of drug-likeness (QED) is 0.618. The summed E-state index contributed by atoms with van der Waals surface area (Å²) in [6, 6.07) is 14.8. The maximum absolute atomic E-state index is 12.4. The first-order valence-electron chi connectivity index (χ1n) is 6.69. The average Bonchev–Trinajstić information content (AvgIpc) is 3.31. The molecule has 3 rings (SSSR count). The minimum atomic E-state index is 0.0121. The zero-order valence-corrected chi connectivity index (χ0v) is 11.3. The molecule has 0 aromatic heterocycles. The molecule has 3 heteroatoms. The molecule has 0 N–H and O–H groups in total. The summed E-state index contributed by atoms with van der Waals surface area (Å²) in [5.74, 6) is 0.764. The van der Waals surface area contributed by atoms with E-state index in [1.165, 1.54) is 0 Å². The Morgan fingerprint density at radius 1 is 1.20 bits per heavy atom. The molecule has 1 heterocycles. The van der Waals surface area contributed by atoms with Crippen LogP contribution in [0.3, 0.4) is 0 Å². The number of hydrogen-bond donors (Lipinski definition) is 0. The fraction of sp³-hybridized carbons (Fsp3) is 0.235. The van der Waals surface area contributed by atoms with Gasteiger partial charge in [-0.3, -0.25) is 4.79 Å². The van der Waals surface area contributed by atoms with Crippen LogP contribution in [0.4, 0.5) is 0 Å².